The molecule has 0 bridgehead atoms. The number of urea groups is 1. The van der Waals surface area contributed by atoms with Gasteiger partial charge in [0, 0.05) is 18.3 Å². The molecule has 0 aliphatic heterocycles. The third-order valence-corrected chi connectivity index (χ3v) is 7.76. The molecule has 0 unspecified atom stereocenters. The summed E-state index contributed by atoms with van der Waals surface area (Å²) in [6.07, 6.45) is 5.22. The zero-order valence-corrected chi connectivity index (χ0v) is 22.4. The summed E-state index contributed by atoms with van der Waals surface area (Å²) in [5.41, 5.74) is 6.15. The minimum absolute atomic E-state index is 0.0455. The van der Waals surface area contributed by atoms with Crippen LogP contribution in [0.15, 0.2) is 78.9 Å². The Bertz CT molecular complexity index is 1070. The predicted octanol–water partition coefficient (Wildman–Crippen LogP) is 8.74. The molecule has 3 nitrogen and oxygen atoms in total. The number of rotatable bonds is 8. The molecule has 1 saturated carbocycles. The van der Waals surface area contributed by atoms with Crippen LogP contribution in [-0.2, 0) is 6.42 Å². The molecular formula is C33H42N2O. The van der Waals surface area contributed by atoms with E-state index in [2.05, 4.69) is 117 Å². The number of nitrogens with zero attached hydrogens (tertiary/aromatic N) is 1. The molecular weight excluding hydrogens is 440 g/mol. The third kappa shape index (κ3) is 6.37. The molecule has 3 aromatic carbocycles. The van der Waals surface area contributed by atoms with E-state index in [1.54, 1.807) is 0 Å². The van der Waals surface area contributed by atoms with E-state index < -0.39 is 0 Å². The third-order valence-electron chi connectivity index (χ3n) is 7.76. The standard InChI is InChI=1S/C33H42N2O/c1-24(2)30-16-11-17-31(25(3)4)32(30)34-33(36)35(23-22-26-12-7-5-8-13-26)29-20-18-28(19-21-29)27-14-9-6-10-15-27/h5-17,24-25,28-29H,18-23H2,1-4H3,(H,34,36). The van der Waals surface area contributed by atoms with E-state index in [0.717, 1.165) is 44.3 Å². The minimum atomic E-state index is 0.0455. The quantitative estimate of drug-likeness (QED) is 0.342. The van der Waals surface area contributed by atoms with Gasteiger partial charge in [-0.3, -0.25) is 0 Å². The first-order chi connectivity index (χ1) is 17.4. The zero-order valence-electron chi connectivity index (χ0n) is 22.4. The van der Waals surface area contributed by atoms with Crippen LogP contribution in [0.5, 0.6) is 0 Å². The van der Waals surface area contributed by atoms with Crippen LogP contribution >= 0.6 is 0 Å². The van der Waals surface area contributed by atoms with Gasteiger partial charge in [-0.05, 0) is 72.1 Å². The fourth-order valence-electron chi connectivity index (χ4n) is 5.66. The SMILES string of the molecule is CC(C)c1cccc(C(C)C)c1NC(=O)N(CCc1ccccc1)C1CCC(c2ccccc2)CC1. The van der Waals surface area contributed by atoms with Crippen molar-refractivity contribution in [2.24, 2.45) is 0 Å². The Labute approximate surface area is 217 Å². The predicted molar refractivity (Wildman–Crippen MR) is 152 cm³/mol. The fourth-order valence-corrected chi connectivity index (χ4v) is 5.66. The van der Waals surface area contributed by atoms with Crippen molar-refractivity contribution in [3.05, 3.63) is 101 Å². The average Bonchev–Trinajstić information content (AvgIpc) is 2.90. The van der Waals surface area contributed by atoms with Crippen molar-refractivity contribution in [2.45, 2.75) is 83.6 Å². The van der Waals surface area contributed by atoms with Crippen LogP contribution in [0.2, 0.25) is 0 Å². The molecule has 36 heavy (non-hydrogen) atoms. The number of anilines is 1. The van der Waals surface area contributed by atoms with Crippen LogP contribution < -0.4 is 5.32 Å². The number of amides is 2. The van der Waals surface area contributed by atoms with Crippen molar-refractivity contribution in [1.29, 1.82) is 0 Å². The van der Waals surface area contributed by atoms with Gasteiger partial charge in [-0.15, -0.1) is 0 Å². The molecule has 0 saturated heterocycles. The molecule has 1 fully saturated rings. The van der Waals surface area contributed by atoms with E-state index in [1.807, 2.05) is 0 Å². The zero-order chi connectivity index (χ0) is 25.5. The summed E-state index contributed by atoms with van der Waals surface area (Å²) in [6.45, 7) is 9.54. The van der Waals surface area contributed by atoms with Crippen molar-refractivity contribution in [2.75, 3.05) is 11.9 Å². The molecule has 0 spiro atoms. The van der Waals surface area contributed by atoms with Gasteiger partial charge in [-0.25, -0.2) is 4.79 Å². The summed E-state index contributed by atoms with van der Waals surface area (Å²) in [7, 11) is 0. The number of nitrogens with one attached hydrogen (secondary N) is 1. The Morgan fingerprint density at radius 1 is 0.778 bits per heavy atom. The molecule has 4 rings (SSSR count). The van der Waals surface area contributed by atoms with E-state index in [-0.39, 0.29) is 12.1 Å². The Morgan fingerprint density at radius 2 is 1.33 bits per heavy atom. The number of para-hydroxylation sites is 1. The van der Waals surface area contributed by atoms with Gasteiger partial charge in [0.2, 0.25) is 0 Å². The molecule has 0 aromatic heterocycles. The number of carbonyl (C=O) groups is 1. The summed E-state index contributed by atoms with van der Waals surface area (Å²) >= 11 is 0. The van der Waals surface area contributed by atoms with Crippen LogP contribution in [0.4, 0.5) is 10.5 Å². The monoisotopic (exact) mass is 482 g/mol. The lowest BCUT2D eigenvalue weighted by Gasteiger charge is -2.37. The van der Waals surface area contributed by atoms with Crippen molar-refractivity contribution in [3.63, 3.8) is 0 Å². The van der Waals surface area contributed by atoms with Crippen molar-refractivity contribution >= 4 is 11.7 Å². The second kappa shape index (κ2) is 12.3. The van der Waals surface area contributed by atoms with E-state index >= 15 is 0 Å². The number of hydrogen-bond acceptors (Lipinski definition) is 1. The molecule has 190 valence electrons. The van der Waals surface area contributed by atoms with Gasteiger partial charge in [-0.1, -0.05) is 107 Å². The van der Waals surface area contributed by atoms with Crippen molar-refractivity contribution < 1.29 is 4.79 Å². The van der Waals surface area contributed by atoms with Crippen molar-refractivity contribution in [3.8, 4) is 0 Å². The maximum atomic E-state index is 13.9. The Kier molecular flexibility index (Phi) is 8.85. The molecule has 2 amide bonds. The molecule has 3 heteroatoms. The Balaban J connectivity index is 1.55. The van der Waals surface area contributed by atoms with Crippen LogP contribution in [0.1, 0.15) is 93.4 Å². The highest BCUT2D eigenvalue weighted by Gasteiger charge is 2.30. The van der Waals surface area contributed by atoms with Gasteiger partial charge >= 0.3 is 6.03 Å². The summed E-state index contributed by atoms with van der Waals surface area (Å²) < 4.78 is 0. The summed E-state index contributed by atoms with van der Waals surface area (Å²) in [5.74, 6) is 1.28. The van der Waals surface area contributed by atoms with Crippen molar-refractivity contribution in [1.82, 2.24) is 4.90 Å². The lowest BCUT2D eigenvalue weighted by molar-refractivity contribution is 0.163. The highest BCUT2D eigenvalue weighted by Crippen LogP contribution is 2.36. The normalized spacial score (nSPS) is 17.8. The highest BCUT2D eigenvalue weighted by molar-refractivity contribution is 5.91. The Hall–Kier alpha value is -3.07. The van der Waals surface area contributed by atoms with E-state index in [4.69, 9.17) is 0 Å². The van der Waals surface area contributed by atoms with Crippen LogP contribution in [-0.4, -0.2) is 23.5 Å². The molecule has 1 aliphatic rings. The molecule has 0 heterocycles. The molecule has 1 N–H and O–H groups in total. The second-order valence-corrected chi connectivity index (χ2v) is 10.9. The average molecular weight is 483 g/mol. The maximum Gasteiger partial charge on any atom is 0.322 e. The largest absolute Gasteiger partial charge is 0.322 e. The number of carbonyl (C=O) groups excluding carboxylic acids is 1. The smallest absolute Gasteiger partial charge is 0.321 e. The molecule has 1 aliphatic carbocycles. The molecule has 3 aromatic rings. The summed E-state index contributed by atoms with van der Waals surface area (Å²) in [4.78, 5) is 16.1. The first-order valence-electron chi connectivity index (χ1n) is 13.7. The molecule has 0 radical (unpaired) electrons. The first-order valence-corrected chi connectivity index (χ1v) is 13.7. The van der Waals surface area contributed by atoms with Gasteiger partial charge in [0.05, 0.1) is 0 Å². The van der Waals surface area contributed by atoms with Gasteiger partial charge in [-0.2, -0.15) is 0 Å². The lowest BCUT2D eigenvalue weighted by atomic mass is 9.81. The topological polar surface area (TPSA) is 32.3 Å². The minimum Gasteiger partial charge on any atom is -0.321 e. The van der Waals surface area contributed by atoms with E-state index in [0.29, 0.717) is 17.8 Å². The van der Waals surface area contributed by atoms with Crippen LogP contribution in [0.3, 0.4) is 0 Å². The van der Waals surface area contributed by atoms with E-state index in [9.17, 15) is 4.79 Å². The van der Waals surface area contributed by atoms with Gasteiger partial charge in [0.15, 0.2) is 0 Å². The first kappa shape index (κ1) is 26.0. The summed E-state index contributed by atoms with van der Waals surface area (Å²) in [6, 6.07) is 28.2. The molecule has 0 atom stereocenters. The lowest BCUT2D eigenvalue weighted by Crippen LogP contribution is -2.45. The van der Waals surface area contributed by atoms with Gasteiger partial charge in [0.25, 0.3) is 0 Å². The Morgan fingerprint density at radius 3 is 1.89 bits per heavy atom. The highest BCUT2D eigenvalue weighted by atomic mass is 16.2. The summed E-state index contributed by atoms with van der Waals surface area (Å²) in [5, 5.41) is 3.41. The van der Waals surface area contributed by atoms with Gasteiger partial charge < -0.3 is 10.2 Å². The number of benzene rings is 3. The van der Waals surface area contributed by atoms with Crippen LogP contribution in [0.25, 0.3) is 0 Å². The van der Waals surface area contributed by atoms with Crippen LogP contribution in [0, 0.1) is 0 Å². The van der Waals surface area contributed by atoms with Gasteiger partial charge in [0.1, 0.15) is 0 Å². The number of hydrogen-bond donors (Lipinski definition) is 1. The fraction of sp³-hybridized carbons (Fsp3) is 0.424. The second-order valence-electron chi connectivity index (χ2n) is 10.9. The van der Waals surface area contributed by atoms with E-state index in [1.165, 1.54) is 22.3 Å². The maximum absolute atomic E-state index is 13.9.